The summed E-state index contributed by atoms with van der Waals surface area (Å²) in [7, 11) is 0. The van der Waals surface area contributed by atoms with E-state index in [1.165, 1.54) is 25.9 Å². The number of amides is 2. The van der Waals surface area contributed by atoms with Gasteiger partial charge < -0.3 is 15.5 Å². The molecule has 2 N–H and O–H groups in total. The zero-order valence-corrected chi connectivity index (χ0v) is 12.6. The summed E-state index contributed by atoms with van der Waals surface area (Å²) in [5, 5.41) is 14.6. The topological polar surface area (TPSA) is 68.2 Å². The molecule has 0 unspecified atom stereocenters. The molecule has 0 bridgehead atoms. The van der Waals surface area contributed by atoms with Gasteiger partial charge in [-0.15, -0.1) is 0 Å². The second kappa shape index (κ2) is 7.87. The fourth-order valence-electron chi connectivity index (χ4n) is 2.37. The fraction of sp³-hybridized carbons (Fsp3) is 0.467. The van der Waals surface area contributed by atoms with Crippen molar-refractivity contribution in [3.8, 4) is 6.07 Å². The zero-order chi connectivity index (χ0) is 15.1. The first-order valence-corrected chi connectivity index (χ1v) is 7.53. The van der Waals surface area contributed by atoms with Crippen LogP contribution in [-0.4, -0.2) is 37.1 Å². The van der Waals surface area contributed by atoms with Crippen LogP contribution in [0.1, 0.15) is 24.8 Å². The van der Waals surface area contributed by atoms with Crippen LogP contribution >= 0.6 is 11.6 Å². The summed E-state index contributed by atoms with van der Waals surface area (Å²) in [5.74, 6) is 0. The zero-order valence-electron chi connectivity index (χ0n) is 11.9. The Balaban J connectivity index is 1.69. The molecular formula is C15H19ClN4O. The molecule has 1 fully saturated rings. The maximum atomic E-state index is 11.7. The molecule has 0 aliphatic carbocycles. The lowest BCUT2D eigenvalue weighted by molar-refractivity contribution is 0.251. The number of likely N-dealkylation sites (tertiary alicyclic amines) is 1. The highest BCUT2D eigenvalue weighted by atomic mass is 35.5. The van der Waals surface area contributed by atoms with Gasteiger partial charge in [0.1, 0.15) is 6.07 Å². The Morgan fingerprint density at radius 3 is 2.81 bits per heavy atom. The van der Waals surface area contributed by atoms with E-state index >= 15 is 0 Å². The Kier molecular flexibility index (Phi) is 5.85. The number of benzene rings is 1. The molecule has 1 aliphatic rings. The molecule has 0 saturated carbocycles. The molecule has 5 nitrogen and oxygen atoms in total. The number of nitrogens with one attached hydrogen (secondary N) is 2. The van der Waals surface area contributed by atoms with Gasteiger partial charge >= 0.3 is 6.03 Å². The molecular weight excluding hydrogens is 288 g/mol. The molecule has 0 atom stereocenters. The molecule has 2 rings (SSSR count). The van der Waals surface area contributed by atoms with Crippen LogP contribution in [0.4, 0.5) is 10.5 Å². The van der Waals surface area contributed by atoms with Gasteiger partial charge in [-0.2, -0.15) is 5.26 Å². The molecule has 1 aliphatic heterocycles. The van der Waals surface area contributed by atoms with Crippen molar-refractivity contribution >= 4 is 23.3 Å². The SMILES string of the molecule is N#Cc1ccc(NC(=O)NCCCN2CCCC2)cc1Cl. The molecule has 1 heterocycles. The lowest BCUT2D eigenvalue weighted by atomic mass is 10.2. The second-order valence-corrected chi connectivity index (χ2v) is 5.50. The summed E-state index contributed by atoms with van der Waals surface area (Å²) in [6.45, 7) is 4.03. The molecule has 21 heavy (non-hydrogen) atoms. The Labute approximate surface area is 129 Å². The number of rotatable bonds is 5. The summed E-state index contributed by atoms with van der Waals surface area (Å²) >= 11 is 5.91. The van der Waals surface area contributed by atoms with Crippen LogP contribution in [0, 0.1) is 11.3 Å². The molecule has 0 spiro atoms. The summed E-state index contributed by atoms with van der Waals surface area (Å²) < 4.78 is 0. The highest BCUT2D eigenvalue weighted by Crippen LogP contribution is 2.19. The first-order chi connectivity index (χ1) is 10.2. The van der Waals surface area contributed by atoms with E-state index in [2.05, 4.69) is 15.5 Å². The van der Waals surface area contributed by atoms with Gasteiger partial charge in [0, 0.05) is 12.2 Å². The second-order valence-electron chi connectivity index (χ2n) is 5.09. The lowest BCUT2D eigenvalue weighted by Gasteiger charge is -2.14. The molecule has 1 saturated heterocycles. The Morgan fingerprint density at radius 1 is 1.38 bits per heavy atom. The number of carbonyl (C=O) groups excluding carboxylic acids is 1. The van der Waals surface area contributed by atoms with E-state index < -0.39 is 0 Å². The van der Waals surface area contributed by atoms with Crippen molar-refractivity contribution in [3.63, 3.8) is 0 Å². The van der Waals surface area contributed by atoms with Crippen LogP contribution in [0.5, 0.6) is 0 Å². The lowest BCUT2D eigenvalue weighted by Crippen LogP contribution is -2.31. The number of urea groups is 1. The average Bonchev–Trinajstić information content (AvgIpc) is 2.97. The number of carbonyl (C=O) groups is 1. The highest BCUT2D eigenvalue weighted by molar-refractivity contribution is 6.32. The minimum Gasteiger partial charge on any atom is -0.338 e. The van der Waals surface area contributed by atoms with E-state index in [4.69, 9.17) is 16.9 Å². The number of anilines is 1. The quantitative estimate of drug-likeness (QED) is 0.822. The predicted octanol–water partition coefficient (Wildman–Crippen LogP) is 2.82. The Morgan fingerprint density at radius 2 is 2.14 bits per heavy atom. The smallest absolute Gasteiger partial charge is 0.319 e. The number of nitrogens with zero attached hydrogens (tertiary/aromatic N) is 2. The summed E-state index contributed by atoms with van der Waals surface area (Å²) in [6, 6.07) is 6.55. The molecule has 2 amide bonds. The maximum Gasteiger partial charge on any atom is 0.319 e. The third-order valence-corrected chi connectivity index (χ3v) is 3.80. The van der Waals surface area contributed by atoms with Crippen LogP contribution in [0.2, 0.25) is 5.02 Å². The number of hydrogen-bond donors (Lipinski definition) is 2. The summed E-state index contributed by atoms with van der Waals surface area (Å²) in [5.41, 5.74) is 0.976. The van der Waals surface area contributed by atoms with Crippen LogP contribution in [0.3, 0.4) is 0 Å². The number of nitriles is 1. The van der Waals surface area contributed by atoms with Crippen molar-refractivity contribution in [2.75, 3.05) is 31.5 Å². The number of hydrogen-bond acceptors (Lipinski definition) is 3. The average molecular weight is 307 g/mol. The van der Waals surface area contributed by atoms with Crippen molar-refractivity contribution in [2.24, 2.45) is 0 Å². The van der Waals surface area contributed by atoms with E-state index in [-0.39, 0.29) is 6.03 Å². The van der Waals surface area contributed by atoms with Gasteiger partial charge in [0.2, 0.25) is 0 Å². The van der Waals surface area contributed by atoms with Crippen molar-refractivity contribution in [1.82, 2.24) is 10.2 Å². The van der Waals surface area contributed by atoms with Crippen LogP contribution in [0.15, 0.2) is 18.2 Å². The van der Waals surface area contributed by atoms with Crippen LogP contribution in [-0.2, 0) is 0 Å². The number of halogens is 1. The van der Waals surface area contributed by atoms with Crippen molar-refractivity contribution < 1.29 is 4.79 Å². The summed E-state index contributed by atoms with van der Waals surface area (Å²) in [4.78, 5) is 14.1. The molecule has 112 valence electrons. The third kappa shape index (κ3) is 4.92. The predicted molar refractivity (Wildman–Crippen MR) is 83.5 cm³/mol. The van der Waals surface area contributed by atoms with E-state index in [0.717, 1.165) is 13.0 Å². The van der Waals surface area contributed by atoms with Crippen LogP contribution < -0.4 is 10.6 Å². The van der Waals surface area contributed by atoms with Gasteiger partial charge in [-0.05, 0) is 57.1 Å². The Bertz CT molecular complexity index is 535. The highest BCUT2D eigenvalue weighted by Gasteiger charge is 2.10. The monoisotopic (exact) mass is 306 g/mol. The normalized spacial score (nSPS) is 14.7. The van der Waals surface area contributed by atoms with Gasteiger partial charge in [-0.1, -0.05) is 11.6 Å². The Hall–Kier alpha value is -1.77. The summed E-state index contributed by atoms with van der Waals surface area (Å²) in [6.07, 6.45) is 3.52. The minimum atomic E-state index is -0.253. The first-order valence-electron chi connectivity index (χ1n) is 7.16. The van der Waals surface area contributed by atoms with Crippen LogP contribution in [0.25, 0.3) is 0 Å². The van der Waals surface area contributed by atoms with E-state index in [0.29, 0.717) is 22.8 Å². The molecule has 6 heteroatoms. The standard InChI is InChI=1S/C15H19ClN4O/c16-14-10-13(5-4-12(14)11-17)19-15(21)18-6-3-9-20-7-1-2-8-20/h4-5,10H,1-3,6-9H2,(H2,18,19,21). The van der Waals surface area contributed by atoms with Gasteiger partial charge in [0.25, 0.3) is 0 Å². The van der Waals surface area contributed by atoms with E-state index in [9.17, 15) is 4.79 Å². The molecule has 1 aromatic rings. The largest absolute Gasteiger partial charge is 0.338 e. The first kappa shape index (κ1) is 15.6. The third-order valence-electron chi connectivity index (χ3n) is 3.48. The van der Waals surface area contributed by atoms with E-state index in [1.54, 1.807) is 18.2 Å². The molecule has 0 aromatic heterocycles. The fourth-order valence-corrected chi connectivity index (χ4v) is 2.59. The minimum absolute atomic E-state index is 0.253. The van der Waals surface area contributed by atoms with Crippen molar-refractivity contribution in [2.45, 2.75) is 19.3 Å². The van der Waals surface area contributed by atoms with E-state index in [1.807, 2.05) is 6.07 Å². The molecule has 0 radical (unpaired) electrons. The van der Waals surface area contributed by atoms with Crippen molar-refractivity contribution in [1.29, 1.82) is 5.26 Å². The van der Waals surface area contributed by atoms with Gasteiger partial charge in [0.15, 0.2) is 0 Å². The van der Waals surface area contributed by atoms with Crippen molar-refractivity contribution in [3.05, 3.63) is 28.8 Å². The van der Waals surface area contributed by atoms with Gasteiger partial charge in [-0.25, -0.2) is 4.79 Å². The maximum absolute atomic E-state index is 11.7. The molecule has 1 aromatic carbocycles. The van der Waals surface area contributed by atoms with Gasteiger partial charge in [-0.3, -0.25) is 0 Å². The van der Waals surface area contributed by atoms with Gasteiger partial charge in [0.05, 0.1) is 10.6 Å².